The van der Waals surface area contributed by atoms with Crippen LogP contribution in [0.5, 0.6) is 5.75 Å². The van der Waals surface area contributed by atoms with Gasteiger partial charge in [0.25, 0.3) is 6.29 Å². The highest BCUT2D eigenvalue weighted by Crippen LogP contribution is 2.26. The topological polar surface area (TPSA) is 90.5 Å². The zero-order chi connectivity index (χ0) is 13.8. The Hall–Kier alpha value is -1.70. The number of nitrogens with two attached hydrogens (primary N) is 1. The van der Waals surface area contributed by atoms with Gasteiger partial charge in [-0.1, -0.05) is 28.4 Å². The maximum Gasteiger partial charge on any atom is 0.261 e. The number of carbonyl (C=O) groups excluding carboxylic acids is 1. The first-order chi connectivity index (χ1) is 9.10. The minimum atomic E-state index is -0.195. The Labute approximate surface area is 122 Å². The summed E-state index contributed by atoms with van der Waals surface area (Å²) < 4.78 is 3.82. The van der Waals surface area contributed by atoms with Gasteiger partial charge in [-0.25, -0.2) is 0 Å². The summed E-state index contributed by atoms with van der Waals surface area (Å²) in [6.45, 7) is 0. The SMILES string of the molecule is Nc1nc(/C([C]=O)=N\Oc2ccc(Cl)c(Cl)c2)ns1. The Morgan fingerprint density at radius 1 is 1.42 bits per heavy atom. The van der Waals surface area contributed by atoms with Crippen LogP contribution < -0.4 is 10.6 Å². The molecule has 6 nitrogen and oxygen atoms in total. The molecule has 1 aromatic heterocycles. The summed E-state index contributed by atoms with van der Waals surface area (Å²) in [6.07, 6.45) is 1.57. The molecule has 1 radical (unpaired) electrons. The monoisotopic (exact) mass is 315 g/mol. The van der Waals surface area contributed by atoms with Crippen molar-refractivity contribution in [2.24, 2.45) is 5.16 Å². The molecule has 0 saturated carbocycles. The average molecular weight is 316 g/mol. The zero-order valence-corrected chi connectivity index (χ0v) is 11.5. The molecular formula is C10H5Cl2N4O2S. The number of hydrogen-bond acceptors (Lipinski definition) is 7. The van der Waals surface area contributed by atoms with Crippen LogP contribution in [0.15, 0.2) is 23.4 Å². The van der Waals surface area contributed by atoms with Gasteiger partial charge in [-0.05, 0) is 12.1 Å². The molecule has 0 spiro atoms. The third kappa shape index (κ3) is 3.40. The molecule has 2 aromatic rings. The van der Waals surface area contributed by atoms with Crippen LogP contribution in [0.1, 0.15) is 5.82 Å². The van der Waals surface area contributed by atoms with E-state index >= 15 is 0 Å². The van der Waals surface area contributed by atoms with E-state index < -0.39 is 0 Å². The average Bonchev–Trinajstić information content (AvgIpc) is 2.81. The van der Waals surface area contributed by atoms with Gasteiger partial charge in [0.2, 0.25) is 5.82 Å². The number of nitrogen functional groups attached to an aromatic ring is 1. The third-order valence-corrected chi connectivity index (χ3v) is 3.17. The first kappa shape index (κ1) is 13.7. The summed E-state index contributed by atoms with van der Waals surface area (Å²) >= 11 is 12.5. The molecule has 2 N–H and O–H groups in total. The minimum Gasteiger partial charge on any atom is -0.374 e. The van der Waals surface area contributed by atoms with Gasteiger partial charge in [-0.3, -0.25) is 4.79 Å². The summed E-state index contributed by atoms with van der Waals surface area (Å²) in [4.78, 5) is 19.6. The molecule has 9 heteroatoms. The number of benzene rings is 1. The smallest absolute Gasteiger partial charge is 0.261 e. The van der Waals surface area contributed by atoms with E-state index in [1.54, 1.807) is 12.4 Å². The lowest BCUT2D eigenvalue weighted by atomic mass is 10.3. The van der Waals surface area contributed by atoms with Gasteiger partial charge in [-0.2, -0.15) is 9.36 Å². The lowest BCUT2D eigenvalue weighted by Gasteiger charge is -2.00. The predicted octanol–water partition coefficient (Wildman–Crippen LogP) is 2.32. The summed E-state index contributed by atoms with van der Waals surface area (Å²) in [7, 11) is 0. The molecule has 19 heavy (non-hydrogen) atoms. The number of halogens is 2. The Morgan fingerprint density at radius 2 is 2.21 bits per heavy atom. The predicted molar refractivity (Wildman–Crippen MR) is 73.6 cm³/mol. The summed E-state index contributed by atoms with van der Waals surface area (Å²) in [5.74, 6) is 0.364. The first-order valence-electron chi connectivity index (χ1n) is 4.78. The number of aromatic nitrogens is 2. The van der Waals surface area contributed by atoms with Gasteiger partial charge in [-0.15, -0.1) is 0 Å². The van der Waals surface area contributed by atoms with Crippen LogP contribution in [0, 0.1) is 0 Å². The molecule has 1 aromatic carbocycles. The third-order valence-electron chi connectivity index (χ3n) is 1.88. The molecule has 0 atom stereocenters. The highest BCUT2D eigenvalue weighted by atomic mass is 35.5. The summed E-state index contributed by atoms with van der Waals surface area (Å²) in [5.41, 5.74) is 5.21. The molecule has 0 aliphatic carbocycles. The minimum absolute atomic E-state index is 0.0533. The number of anilines is 1. The van der Waals surface area contributed by atoms with Crippen LogP contribution in [0.4, 0.5) is 5.13 Å². The van der Waals surface area contributed by atoms with Gasteiger partial charge in [0.1, 0.15) is 0 Å². The standard InChI is InChI=1S/C10H5Cl2N4O2S/c11-6-2-1-5(3-7(6)12)18-15-8(4-17)9-14-10(13)19-16-9/h1-3H,(H2,13,14,16)/b15-8-. The Kier molecular flexibility index (Phi) is 4.31. The van der Waals surface area contributed by atoms with Crippen LogP contribution >= 0.6 is 34.7 Å². The molecule has 0 aliphatic rings. The normalized spacial score (nSPS) is 11.4. The van der Waals surface area contributed by atoms with E-state index in [1.807, 2.05) is 0 Å². The van der Waals surface area contributed by atoms with Crippen molar-refractivity contribution in [2.45, 2.75) is 0 Å². The van der Waals surface area contributed by atoms with E-state index in [1.165, 1.54) is 12.1 Å². The molecule has 97 valence electrons. The second-order valence-electron chi connectivity index (χ2n) is 3.17. The molecule has 2 rings (SSSR count). The molecule has 0 bridgehead atoms. The molecule has 0 aliphatic heterocycles. The highest BCUT2D eigenvalue weighted by molar-refractivity contribution is 7.09. The van der Waals surface area contributed by atoms with Crippen molar-refractivity contribution in [2.75, 3.05) is 5.73 Å². The van der Waals surface area contributed by atoms with Crippen LogP contribution in [0.3, 0.4) is 0 Å². The maximum absolute atomic E-state index is 10.8. The fourth-order valence-corrected chi connectivity index (χ4v) is 1.79. The largest absolute Gasteiger partial charge is 0.374 e. The Balaban J connectivity index is 2.20. The fourth-order valence-electron chi connectivity index (χ4n) is 1.07. The Morgan fingerprint density at radius 3 is 2.79 bits per heavy atom. The van der Waals surface area contributed by atoms with Crippen molar-refractivity contribution in [1.82, 2.24) is 9.36 Å². The van der Waals surface area contributed by atoms with Gasteiger partial charge < -0.3 is 10.6 Å². The molecule has 0 amide bonds. The number of rotatable bonds is 4. The van der Waals surface area contributed by atoms with E-state index in [4.69, 9.17) is 33.8 Å². The lowest BCUT2D eigenvalue weighted by molar-refractivity contribution is 0.342. The van der Waals surface area contributed by atoms with Gasteiger partial charge in [0.15, 0.2) is 16.6 Å². The number of nitrogens with zero attached hydrogens (tertiary/aromatic N) is 3. The first-order valence-corrected chi connectivity index (χ1v) is 6.31. The van der Waals surface area contributed by atoms with Crippen molar-refractivity contribution in [3.05, 3.63) is 34.1 Å². The number of hydrogen-bond donors (Lipinski definition) is 1. The quantitative estimate of drug-likeness (QED) is 0.690. The van der Waals surface area contributed by atoms with E-state index in [0.717, 1.165) is 11.5 Å². The molecule has 0 unspecified atom stereocenters. The van der Waals surface area contributed by atoms with Crippen LogP contribution in [0.2, 0.25) is 10.0 Å². The van der Waals surface area contributed by atoms with Crippen LogP contribution in [-0.4, -0.2) is 21.4 Å². The van der Waals surface area contributed by atoms with E-state index in [2.05, 4.69) is 14.5 Å². The Bertz CT molecular complexity index is 644. The second-order valence-corrected chi connectivity index (χ2v) is 4.76. The summed E-state index contributed by atoms with van der Waals surface area (Å²) in [5, 5.41) is 4.49. The second kappa shape index (κ2) is 5.96. The molecule has 0 saturated heterocycles. The van der Waals surface area contributed by atoms with E-state index in [0.29, 0.717) is 15.8 Å². The number of oxime groups is 1. The lowest BCUT2D eigenvalue weighted by Crippen LogP contribution is -2.07. The zero-order valence-electron chi connectivity index (χ0n) is 9.13. The molecular weight excluding hydrogens is 311 g/mol. The molecule has 1 heterocycles. The van der Waals surface area contributed by atoms with Crippen LogP contribution in [-0.2, 0) is 4.79 Å². The molecule has 0 fully saturated rings. The van der Waals surface area contributed by atoms with Gasteiger partial charge in [0, 0.05) is 17.6 Å². The van der Waals surface area contributed by atoms with Crippen molar-refractivity contribution in [3.8, 4) is 5.75 Å². The van der Waals surface area contributed by atoms with Crippen molar-refractivity contribution in [3.63, 3.8) is 0 Å². The summed E-state index contributed by atoms with van der Waals surface area (Å²) in [6, 6.07) is 4.54. The maximum atomic E-state index is 10.8. The van der Waals surface area contributed by atoms with Crippen molar-refractivity contribution < 1.29 is 9.63 Å². The van der Waals surface area contributed by atoms with Gasteiger partial charge >= 0.3 is 0 Å². The fraction of sp³-hybridized carbons (Fsp3) is 0. The van der Waals surface area contributed by atoms with Crippen molar-refractivity contribution >= 4 is 51.9 Å². The van der Waals surface area contributed by atoms with Crippen molar-refractivity contribution in [1.29, 1.82) is 0 Å². The highest BCUT2D eigenvalue weighted by Gasteiger charge is 2.11. The van der Waals surface area contributed by atoms with E-state index in [9.17, 15) is 4.79 Å². The van der Waals surface area contributed by atoms with Gasteiger partial charge in [0.05, 0.1) is 10.0 Å². The van der Waals surface area contributed by atoms with Crippen LogP contribution in [0.25, 0.3) is 0 Å². The van der Waals surface area contributed by atoms with E-state index in [-0.39, 0.29) is 16.7 Å².